The Hall–Kier alpha value is -2.20. The lowest BCUT2D eigenvalue weighted by Gasteiger charge is -2.07. The molecule has 0 fully saturated rings. The molecule has 0 bridgehead atoms. The van der Waals surface area contributed by atoms with Gasteiger partial charge < -0.3 is 0 Å². The summed E-state index contributed by atoms with van der Waals surface area (Å²) in [7, 11) is 0. The number of aromatic nitrogens is 2. The van der Waals surface area contributed by atoms with E-state index in [4.69, 9.17) is 0 Å². The number of carbonyl (C=O) groups excluding carboxylic acids is 1. The molecule has 2 aromatic carbocycles. The molecule has 0 aliphatic heterocycles. The third-order valence-corrected chi connectivity index (χ3v) is 3.51. The highest BCUT2D eigenvalue weighted by Gasteiger charge is 2.11. The van der Waals surface area contributed by atoms with Gasteiger partial charge in [0.15, 0.2) is 6.29 Å². The van der Waals surface area contributed by atoms with Gasteiger partial charge in [-0.2, -0.15) is 0 Å². The summed E-state index contributed by atoms with van der Waals surface area (Å²) in [4.78, 5) is 15.4. The van der Waals surface area contributed by atoms with Gasteiger partial charge in [-0.15, -0.1) is 0 Å². The van der Waals surface area contributed by atoms with Gasteiger partial charge in [-0.3, -0.25) is 9.36 Å². The number of rotatable bonds is 3. The van der Waals surface area contributed by atoms with Gasteiger partial charge >= 0.3 is 0 Å². The molecular formula is C16H11BrN2O. The van der Waals surface area contributed by atoms with Crippen LogP contribution in [0.15, 0.2) is 65.3 Å². The van der Waals surface area contributed by atoms with E-state index in [-0.39, 0.29) is 0 Å². The molecule has 0 atom stereocenters. The molecule has 1 heterocycles. The van der Waals surface area contributed by atoms with Gasteiger partial charge in [0.25, 0.3) is 0 Å². The minimum Gasteiger partial charge on any atom is -0.299 e. The second-order valence-electron chi connectivity index (χ2n) is 4.32. The Labute approximate surface area is 125 Å². The van der Waals surface area contributed by atoms with Crippen LogP contribution in [-0.4, -0.2) is 15.8 Å². The summed E-state index contributed by atoms with van der Waals surface area (Å²) in [6, 6.07) is 17.7. The standard InChI is InChI=1S/C16H11BrN2O/c17-13-6-8-15(9-7-13)19-10-14(11-20)18-16(19)12-4-2-1-3-5-12/h1-11H. The molecule has 0 unspecified atom stereocenters. The van der Waals surface area contributed by atoms with E-state index in [2.05, 4.69) is 20.9 Å². The molecule has 0 saturated carbocycles. The summed E-state index contributed by atoms with van der Waals surface area (Å²) in [6.45, 7) is 0. The number of imidazole rings is 1. The first kappa shape index (κ1) is 12.8. The zero-order chi connectivity index (χ0) is 13.9. The van der Waals surface area contributed by atoms with Crippen molar-refractivity contribution in [2.75, 3.05) is 0 Å². The van der Waals surface area contributed by atoms with Crippen molar-refractivity contribution < 1.29 is 4.79 Å². The van der Waals surface area contributed by atoms with Crippen LogP contribution in [-0.2, 0) is 0 Å². The Bertz CT molecular complexity index is 733. The van der Waals surface area contributed by atoms with Crippen LogP contribution >= 0.6 is 15.9 Å². The lowest BCUT2D eigenvalue weighted by molar-refractivity contribution is 0.111. The van der Waals surface area contributed by atoms with Gasteiger partial charge in [-0.05, 0) is 24.3 Å². The van der Waals surface area contributed by atoms with Crippen LogP contribution in [0.4, 0.5) is 0 Å². The van der Waals surface area contributed by atoms with Gasteiger partial charge in [0.1, 0.15) is 11.5 Å². The van der Waals surface area contributed by atoms with E-state index in [1.165, 1.54) is 0 Å². The number of nitrogens with zero attached hydrogens (tertiary/aromatic N) is 2. The molecular weight excluding hydrogens is 316 g/mol. The highest BCUT2D eigenvalue weighted by molar-refractivity contribution is 9.10. The summed E-state index contributed by atoms with van der Waals surface area (Å²) >= 11 is 3.42. The molecule has 3 rings (SSSR count). The van der Waals surface area contributed by atoms with Crippen molar-refractivity contribution in [3.8, 4) is 17.1 Å². The van der Waals surface area contributed by atoms with Crippen molar-refractivity contribution in [2.45, 2.75) is 0 Å². The summed E-state index contributed by atoms with van der Waals surface area (Å²) in [5.41, 5.74) is 2.36. The maximum absolute atomic E-state index is 11.0. The summed E-state index contributed by atoms with van der Waals surface area (Å²) < 4.78 is 2.93. The normalized spacial score (nSPS) is 10.4. The molecule has 1 aromatic heterocycles. The van der Waals surface area contributed by atoms with Crippen molar-refractivity contribution in [3.63, 3.8) is 0 Å². The highest BCUT2D eigenvalue weighted by atomic mass is 79.9. The van der Waals surface area contributed by atoms with E-state index in [0.29, 0.717) is 5.69 Å². The van der Waals surface area contributed by atoms with Crippen molar-refractivity contribution in [1.29, 1.82) is 0 Å². The van der Waals surface area contributed by atoms with E-state index >= 15 is 0 Å². The van der Waals surface area contributed by atoms with E-state index < -0.39 is 0 Å². The molecule has 0 aliphatic rings. The van der Waals surface area contributed by atoms with Crippen molar-refractivity contribution in [1.82, 2.24) is 9.55 Å². The Morgan fingerprint density at radius 3 is 2.35 bits per heavy atom. The largest absolute Gasteiger partial charge is 0.299 e. The van der Waals surface area contributed by atoms with Gasteiger partial charge in [0.05, 0.1) is 0 Å². The number of hydrogen-bond donors (Lipinski definition) is 0. The predicted molar refractivity (Wildman–Crippen MR) is 82.1 cm³/mol. The number of hydrogen-bond acceptors (Lipinski definition) is 2. The molecule has 4 heteroatoms. The second-order valence-corrected chi connectivity index (χ2v) is 5.24. The van der Waals surface area contributed by atoms with Crippen molar-refractivity contribution in [2.24, 2.45) is 0 Å². The monoisotopic (exact) mass is 326 g/mol. The summed E-state index contributed by atoms with van der Waals surface area (Å²) in [5.74, 6) is 0.759. The van der Waals surface area contributed by atoms with Crippen molar-refractivity contribution >= 4 is 22.2 Å². The minimum absolute atomic E-state index is 0.423. The molecule has 20 heavy (non-hydrogen) atoms. The van der Waals surface area contributed by atoms with Gasteiger partial charge in [-0.1, -0.05) is 46.3 Å². The van der Waals surface area contributed by atoms with Crippen LogP contribution in [0.25, 0.3) is 17.1 Å². The first-order chi connectivity index (χ1) is 9.78. The van der Waals surface area contributed by atoms with E-state index in [1.807, 2.05) is 59.2 Å². The molecule has 98 valence electrons. The van der Waals surface area contributed by atoms with E-state index in [9.17, 15) is 4.79 Å². The maximum Gasteiger partial charge on any atom is 0.170 e. The van der Waals surface area contributed by atoms with Gasteiger partial charge in [-0.25, -0.2) is 4.98 Å². The van der Waals surface area contributed by atoms with Gasteiger partial charge in [0, 0.05) is 21.9 Å². The zero-order valence-electron chi connectivity index (χ0n) is 10.5. The van der Waals surface area contributed by atoms with Crippen LogP contribution in [0.3, 0.4) is 0 Å². The number of carbonyl (C=O) groups is 1. The van der Waals surface area contributed by atoms with Crippen LogP contribution < -0.4 is 0 Å². The van der Waals surface area contributed by atoms with Gasteiger partial charge in [0.2, 0.25) is 0 Å². The number of halogens is 1. The minimum atomic E-state index is 0.423. The molecule has 3 nitrogen and oxygen atoms in total. The topological polar surface area (TPSA) is 34.9 Å². The third-order valence-electron chi connectivity index (χ3n) is 2.98. The van der Waals surface area contributed by atoms with Crippen LogP contribution in [0.5, 0.6) is 0 Å². The molecule has 0 N–H and O–H groups in total. The van der Waals surface area contributed by atoms with E-state index in [1.54, 1.807) is 6.20 Å². The summed E-state index contributed by atoms with van der Waals surface area (Å²) in [5, 5.41) is 0. The molecule has 0 spiro atoms. The average Bonchev–Trinajstić information content (AvgIpc) is 2.93. The van der Waals surface area contributed by atoms with E-state index in [0.717, 1.165) is 27.8 Å². The molecule has 0 radical (unpaired) electrons. The number of benzene rings is 2. The molecule has 0 saturated heterocycles. The fourth-order valence-corrected chi connectivity index (χ4v) is 2.31. The fraction of sp³-hybridized carbons (Fsp3) is 0. The highest BCUT2D eigenvalue weighted by Crippen LogP contribution is 2.23. The first-order valence-electron chi connectivity index (χ1n) is 6.14. The second kappa shape index (κ2) is 5.43. The third kappa shape index (κ3) is 2.42. The Kier molecular flexibility index (Phi) is 3.48. The van der Waals surface area contributed by atoms with Crippen LogP contribution in [0.2, 0.25) is 0 Å². The Balaban J connectivity index is 2.17. The lowest BCUT2D eigenvalue weighted by Crippen LogP contribution is -1.95. The fourth-order valence-electron chi connectivity index (χ4n) is 2.04. The maximum atomic E-state index is 11.0. The molecule has 0 aliphatic carbocycles. The first-order valence-corrected chi connectivity index (χ1v) is 6.93. The number of aldehydes is 1. The van der Waals surface area contributed by atoms with Crippen LogP contribution in [0, 0.1) is 0 Å². The molecule has 0 amide bonds. The SMILES string of the molecule is O=Cc1cn(-c2ccc(Br)cc2)c(-c2ccccc2)n1. The molecule has 3 aromatic rings. The predicted octanol–water partition coefficient (Wildman–Crippen LogP) is 4.11. The Morgan fingerprint density at radius 1 is 1.00 bits per heavy atom. The smallest absolute Gasteiger partial charge is 0.170 e. The zero-order valence-corrected chi connectivity index (χ0v) is 12.1. The Morgan fingerprint density at radius 2 is 1.70 bits per heavy atom. The van der Waals surface area contributed by atoms with Crippen LogP contribution in [0.1, 0.15) is 10.5 Å². The lowest BCUT2D eigenvalue weighted by atomic mass is 10.2. The quantitative estimate of drug-likeness (QED) is 0.679. The van der Waals surface area contributed by atoms with Crippen molar-refractivity contribution in [3.05, 3.63) is 71.0 Å². The summed E-state index contributed by atoms with van der Waals surface area (Å²) in [6.07, 6.45) is 2.51. The average molecular weight is 327 g/mol.